The monoisotopic (exact) mass is 355 g/mol. The second-order valence-electron chi connectivity index (χ2n) is 5.22. The Labute approximate surface area is 145 Å². The molecule has 3 aromatic heterocycles. The van der Waals surface area contributed by atoms with Crippen molar-refractivity contribution >= 4 is 34.0 Å². The molecule has 4 rings (SSSR count). The van der Waals surface area contributed by atoms with Crippen LogP contribution in [0.3, 0.4) is 0 Å². The van der Waals surface area contributed by atoms with Crippen molar-refractivity contribution < 1.29 is 4.52 Å². The minimum Gasteiger partial charge on any atom is -0.355 e. The Morgan fingerprint density at radius 2 is 2.12 bits per heavy atom. The van der Waals surface area contributed by atoms with Crippen LogP contribution in [-0.2, 0) is 12.8 Å². The van der Waals surface area contributed by atoms with Crippen LogP contribution in [0.15, 0.2) is 62.3 Å². The molecule has 0 bridgehead atoms. The van der Waals surface area contributed by atoms with Gasteiger partial charge in [0.2, 0.25) is 0 Å². The molecule has 0 N–H and O–H groups in total. The lowest BCUT2D eigenvalue weighted by Gasteiger charge is -2.07. The third-order valence-corrected chi connectivity index (χ3v) is 5.56. The molecule has 0 spiro atoms. The average molecular weight is 355 g/mol. The van der Waals surface area contributed by atoms with Crippen LogP contribution in [0.1, 0.15) is 5.69 Å². The third-order valence-electron chi connectivity index (χ3n) is 3.61. The average Bonchev–Trinajstić information content (AvgIpc) is 3.28. The van der Waals surface area contributed by atoms with E-state index in [-0.39, 0.29) is 5.56 Å². The Hall–Kier alpha value is -2.38. The van der Waals surface area contributed by atoms with Gasteiger partial charge in [-0.05, 0) is 23.6 Å². The van der Waals surface area contributed by atoms with E-state index in [1.54, 1.807) is 29.0 Å². The first-order valence-electron chi connectivity index (χ1n) is 7.30. The second kappa shape index (κ2) is 6.26. The van der Waals surface area contributed by atoms with Gasteiger partial charge in [-0.15, -0.1) is 11.3 Å². The number of para-hydroxylation sites is 1. The van der Waals surface area contributed by atoms with Gasteiger partial charge < -0.3 is 4.52 Å². The molecule has 1 aromatic carbocycles. The summed E-state index contributed by atoms with van der Waals surface area (Å²) in [7, 11) is 1.74. The van der Waals surface area contributed by atoms with E-state index in [1.807, 2.05) is 41.8 Å². The van der Waals surface area contributed by atoms with E-state index in [4.69, 9.17) is 4.52 Å². The van der Waals surface area contributed by atoms with Crippen molar-refractivity contribution in [1.82, 2.24) is 14.7 Å². The molecule has 0 saturated heterocycles. The molecule has 0 saturated carbocycles. The summed E-state index contributed by atoms with van der Waals surface area (Å²) in [5.41, 5.74) is 1.50. The van der Waals surface area contributed by atoms with Gasteiger partial charge in [0.15, 0.2) is 10.9 Å². The number of fused-ring (bicyclic) bond motifs is 1. The molecule has 24 heavy (non-hydrogen) atoms. The van der Waals surface area contributed by atoms with Crippen LogP contribution in [0.25, 0.3) is 21.5 Å². The van der Waals surface area contributed by atoms with Gasteiger partial charge in [-0.25, -0.2) is 4.98 Å². The third kappa shape index (κ3) is 2.76. The Morgan fingerprint density at radius 3 is 2.96 bits per heavy atom. The lowest BCUT2D eigenvalue weighted by Crippen LogP contribution is -2.19. The summed E-state index contributed by atoms with van der Waals surface area (Å²) < 4.78 is 6.96. The van der Waals surface area contributed by atoms with Gasteiger partial charge in [0.1, 0.15) is 0 Å². The minimum atomic E-state index is -0.0393. The van der Waals surface area contributed by atoms with Gasteiger partial charge in [-0.2, -0.15) is 0 Å². The molecule has 5 nitrogen and oxygen atoms in total. The quantitative estimate of drug-likeness (QED) is 0.410. The van der Waals surface area contributed by atoms with Crippen molar-refractivity contribution in [2.75, 3.05) is 0 Å². The molecule has 3 heterocycles. The number of thiophene rings is 1. The molecule has 0 amide bonds. The molecular weight excluding hydrogens is 342 g/mol. The molecule has 0 fully saturated rings. The highest BCUT2D eigenvalue weighted by Gasteiger charge is 2.11. The molecule has 120 valence electrons. The summed E-state index contributed by atoms with van der Waals surface area (Å²) in [4.78, 5) is 18.0. The molecule has 7 heteroatoms. The number of rotatable bonds is 4. The fourth-order valence-corrected chi connectivity index (χ4v) is 3.91. The van der Waals surface area contributed by atoms with E-state index >= 15 is 0 Å². The Balaban J connectivity index is 1.59. The summed E-state index contributed by atoms with van der Waals surface area (Å²) in [5, 5.41) is 7.39. The second-order valence-corrected chi connectivity index (χ2v) is 7.11. The van der Waals surface area contributed by atoms with Crippen LogP contribution < -0.4 is 5.56 Å². The zero-order valence-electron chi connectivity index (χ0n) is 12.8. The molecule has 0 unspecified atom stereocenters. The van der Waals surface area contributed by atoms with Crippen molar-refractivity contribution in [3.8, 4) is 10.6 Å². The predicted octanol–water partition coefficient (Wildman–Crippen LogP) is 3.94. The van der Waals surface area contributed by atoms with E-state index < -0.39 is 0 Å². The zero-order valence-corrected chi connectivity index (χ0v) is 14.4. The first kappa shape index (κ1) is 15.2. The number of hydrogen-bond acceptors (Lipinski definition) is 6. The van der Waals surface area contributed by atoms with Gasteiger partial charge in [0, 0.05) is 18.9 Å². The number of aromatic nitrogens is 3. The van der Waals surface area contributed by atoms with Crippen LogP contribution in [0.2, 0.25) is 0 Å². The maximum Gasteiger partial charge on any atom is 0.261 e. The van der Waals surface area contributed by atoms with Crippen LogP contribution in [0.5, 0.6) is 0 Å². The van der Waals surface area contributed by atoms with Crippen LogP contribution in [0, 0.1) is 0 Å². The maximum absolute atomic E-state index is 12.4. The number of nitrogens with zero attached hydrogens (tertiary/aromatic N) is 3. The fourth-order valence-electron chi connectivity index (χ4n) is 2.38. The fraction of sp³-hybridized carbons (Fsp3) is 0.118. The standard InChI is InChI=1S/C17H13N3O2S2/c1-20-16(21)12-5-2-3-6-13(12)18-17(20)24-10-11-9-14(22-19-11)15-7-4-8-23-15/h2-9H,10H2,1H3. The number of hydrogen-bond donors (Lipinski definition) is 0. The molecule has 0 aliphatic carbocycles. The van der Waals surface area contributed by atoms with Crippen LogP contribution in [0.4, 0.5) is 0 Å². The van der Waals surface area contributed by atoms with Crippen molar-refractivity contribution in [1.29, 1.82) is 0 Å². The van der Waals surface area contributed by atoms with Crippen LogP contribution in [-0.4, -0.2) is 14.7 Å². The highest BCUT2D eigenvalue weighted by atomic mass is 32.2. The van der Waals surface area contributed by atoms with Gasteiger partial charge in [0.25, 0.3) is 5.56 Å². The smallest absolute Gasteiger partial charge is 0.261 e. The Bertz CT molecular complexity index is 1050. The lowest BCUT2D eigenvalue weighted by atomic mass is 10.2. The van der Waals surface area contributed by atoms with E-state index in [0.29, 0.717) is 21.8 Å². The Morgan fingerprint density at radius 1 is 1.25 bits per heavy atom. The molecular formula is C17H13N3O2S2. The van der Waals surface area contributed by atoms with Gasteiger partial charge in [-0.3, -0.25) is 9.36 Å². The topological polar surface area (TPSA) is 60.9 Å². The van der Waals surface area contributed by atoms with Crippen molar-refractivity contribution in [3.05, 3.63) is 63.9 Å². The lowest BCUT2D eigenvalue weighted by molar-refractivity contribution is 0.427. The van der Waals surface area contributed by atoms with E-state index in [0.717, 1.165) is 16.3 Å². The Kier molecular flexibility index (Phi) is 3.95. The van der Waals surface area contributed by atoms with Crippen molar-refractivity contribution in [2.45, 2.75) is 10.9 Å². The molecule has 0 atom stereocenters. The first-order chi connectivity index (χ1) is 11.7. The maximum atomic E-state index is 12.4. The number of benzene rings is 1. The van der Waals surface area contributed by atoms with Crippen molar-refractivity contribution in [2.24, 2.45) is 7.05 Å². The van der Waals surface area contributed by atoms with Gasteiger partial charge in [0.05, 0.1) is 21.5 Å². The van der Waals surface area contributed by atoms with E-state index in [2.05, 4.69) is 10.1 Å². The van der Waals surface area contributed by atoms with E-state index in [9.17, 15) is 4.79 Å². The molecule has 4 aromatic rings. The molecule has 0 aliphatic heterocycles. The summed E-state index contributed by atoms with van der Waals surface area (Å²) in [6, 6.07) is 13.3. The molecule has 0 radical (unpaired) electrons. The summed E-state index contributed by atoms with van der Waals surface area (Å²) in [6.45, 7) is 0. The van der Waals surface area contributed by atoms with Crippen LogP contribution >= 0.6 is 23.1 Å². The van der Waals surface area contributed by atoms with Gasteiger partial charge in [-0.1, -0.05) is 35.1 Å². The zero-order chi connectivity index (χ0) is 16.5. The summed E-state index contributed by atoms with van der Waals surface area (Å²) in [6.07, 6.45) is 0. The predicted molar refractivity (Wildman–Crippen MR) is 96.4 cm³/mol. The van der Waals surface area contributed by atoms with E-state index in [1.165, 1.54) is 11.8 Å². The summed E-state index contributed by atoms with van der Waals surface area (Å²) >= 11 is 3.08. The molecule has 0 aliphatic rings. The van der Waals surface area contributed by atoms with Crippen molar-refractivity contribution in [3.63, 3.8) is 0 Å². The minimum absolute atomic E-state index is 0.0393. The highest BCUT2D eigenvalue weighted by Crippen LogP contribution is 2.27. The summed E-state index contributed by atoms with van der Waals surface area (Å²) in [5.74, 6) is 1.36. The SMILES string of the molecule is Cn1c(SCc2cc(-c3cccs3)on2)nc2ccccc2c1=O. The normalized spacial score (nSPS) is 11.2. The van der Waals surface area contributed by atoms with Gasteiger partial charge >= 0.3 is 0 Å². The largest absolute Gasteiger partial charge is 0.355 e. The first-order valence-corrected chi connectivity index (χ1v) is 9.17. The highest BCUT2D eigenvalue weighted by molar-refractivity contribution is 7.98. The number of thioether (sulfide) groups is 1.